The highest BCUT2D eigenvalue weighted by Crippen LogP contribution is 2.16. The van der Waals surface area contributed by atoms with Crippen LogP contribution in [0.3, 0.4) is 0 Å². The van der Waals surface area contributed by atoms with Gasteiger partial charge in [-0.25, -0.2) is 0 Å². The van der Waals surface area contributed by atoms with Crippen LogP contribution in [0.2, 0.25) is 0 Å². The molecule has 2 aromatic carbocycles. The average molecular weight is 324 g/mol. The van der Waals surface area contributed by atoms with Gasteiger partial charge in [0.1, 0.15) is 0 Å². The molecule has 2 N–H and O–H groups in total. The number of rotatable bonds is 6. The first-order chi connectivity index (χ1) is 11.1. The molecular formula is C22H28O2. The summed E-state index contributed by atoms with van der Waals surface area (Å²) in [5.41, 5.74) is 3.18. The zero-order valence-electron chi connectivity index (χ0n) is 15.1. The van der Waals surface area contributed by atoms with Crippen molar-refractivity contribution in [2.45, 2.75) is 51.7 Å². The van der Waals surface area contributed by atoms with E-state index in [2.05, 4.69) is 60.7 Å². The van der Waals surface area contributed by atoms with E-state index in [0.29, 0.717) is 12.8 Å². The lowest BCUT2D eigenvalue weighted by atomic mass is 9.97. The number of hydrogen-bond acceptors (Lipinski definition) is 2. The van der Waals surface area contributed by atoms with Crippen molar-refractivity contribution in [3.8, 4) is 0 Å². The highest BCUT2D eigenvalue weighted by molar-refractivity contribution is 5.69. The molecule has 0 aliphatic carbocycles. The Morgan fingerprint density at radius 1 is 0.625 bits per heavy atom. The molecule has 2 heteroatoms. The quantitative estimate of drug-likeness (QED) is 0.769. The molecule has 0 atom stereocenters. The lowest BCUT2D eigenvalue weighted by Crippen LogP contribution is -2.21. The topological polar surface area (TPSA) is 40.5 Å². The van der Waals surface area contributed by atoms with Gasteiger partial charge >= 0.3 is 0 Å². The van der Waals surface area contributed by atoms with Crippen LogP contribution in [0.1, 0.15) is 49.9 Å². The standard InChI is InChI=1S/C22H28O2/c1-21(2,23)15-19-11-7-17(8-12-19)5-6-18-9-13-20(14-10-18)16-22(3,4)24/h5-14,23-24H,15-16H2,1-4H3. The van der Waals surface area contributed by atoms with Gasteiger partial charge in [0.15, 0.2) is 0 Å². The van der Waals surface area contributed by atoms with Crippen molar-refractivity contribution in [3.63, 3.8) is 0 Å². The molecule has 0 saturated heterocycles. The van der Waals surface area contributed by atoms with Crippen molar-refractivity contribution < 1.29 is 10.2 Å². The minimum absolute atomic E-state index is 0.652. The molecule has 0 heterocycles. The second-order valence-corrected chi connectivity index (χ2v) is 7.79. The Balaban J connectivity index is 2.00. The van der Waals surface area contributed by atoms with Gasteiger partial charge in [-0.15, -0.1) is 0 Å². The molecule has 0 radical (unpaired) electrons. The normalized spacial score (nSPS) is 12.8. The summed E-state index contributed by atoms with van der Waals surface area (Å²) in [6.07, 6.45) is 5.47. The van der Waals surface area contributed by atoms with Crippen LogP contribution < -0.4 is 0 Å². The highest BCUT2D eigenvalue weighted by Gasteiger charge is 2.13. The molecule has 0 bridgehead atoms. The molecule has 128 valence electrons. The predicted molar refractivity (Wildman–Crippen MR) is 102 cm³/mol. The van der Waals surface area contributed by atoms with Gasteiger partial charge < -0.3 is 10.2 Å². The van der Waals surface area contributed by atoms with E-state index in [1.165, 1.54) is 0 Å². The summed E-state index contributed by atoms with van der Waals surface area (Å²) < 4.78 is 0. The molecule has 0 aliphatic rings. The van der Waals surface area contributed by atoms with E-state index in [0.717, 1.165) is 22.3 Å². The number of benzene rings is 2. The number of aliphatic hydroxyl groups is 2. The van der Waals surface area contributed by atoms with Crippen molar-refractivity contribution in [3.05, 3.63) is 70.8 Å². The lowest BCUT2D eigenvalue weighted by molar-refractivity contribution is 0.0803. The van der Waals surface area contributed by atoms with Crippen molar-refractivity contribution in [2.24, 2.45) is 0 Å². The summed E-state index contributed by atoms with van der Waals surface area (Å²) in [6.45, 7) is 7.29. The SMILES string of the molecule is CC(C)(O)Cc1ccc(C=Cc2ccc(CC(C)(C)O)cc2)cc1. The summed E-state index contributed by atoms with van der Waals surface area (Å²) in [4.78, 5) is 0. The molecule has 24 heavy (non-hydrogen) atoms. The van der Waals surface area contributed by atoms with Crippen LogP contribution in [-0.4, -0.2) is 21.4 Å². The van der Waals surface area contributed by atoms with Crippen LogP contribution >= 0.6 is 0 Å². The fourth-order valence-electron chi connectivity index (χ4n) is 2.68. The van der Waals surface area contributed by atoms with E-state index < -0.39 is 11.2 Å². The second kappa shape index (κ2) is 7.33. The third-order valence-corrected chi connectivity index (χ3v) is 3.70. The molecule has 0 aromatic heterocycles. The third kappa shape index (κ3) is 6.69. The average Bonchev–Trinajstić information content (AvgIpc) is 2.45. The largest absolute Gasteiger partial charge is 0.390 e. The molecule has 2 nitrogen and oxygen atoms in total. The first kappa shape index (κ1) is 18.4. The Hall–Kier alpha value is -1.90. The Morgan fingerprint density at radius 2 is 0.917 bits per heavy atom. The fourth-order valence-corrected chi connectivity index (χ4v) is 2.68. The number of hydrogen-bond donors (Lipinski definition) is 2. The molecule has 2 aromatic rings. The summed E-state index contributed by atoms with van der Waals surface area (Å²) in [5, 5.41) is 19.7. The monoisotopic (exact) mass is 324 g/mol. The van der Waals surface area contributed by atoms with E-state index in [4.69, 9.17) is 0 Å². The van der Waals surface area contributed by atoms with Crippen LogP contribution in [0.25, 0.3) is 12.2 Å². The maximum Gasteiger partial charge on any atom is 0.0631 e. The smallest absolute Gasteiger partial charge is 0.0631 e. The summed E-state index contributed by atoms with van der Waals surface area (Å²) in [5.74, 6) is 0. The molecule has 0 fully saturated rings. The van der Waals surface area contributed by atoms with Gasteiger partial charge in [0.25, 0.3) is 0 Å². The van der Waals surface area contributed by atoms with E-state index >= 15 is 0 Å². The maximum absolute atomic E-state index is 9.86. The maximum atomic E-state index is 9.86. The van der Waals surface area contributed by atoms with E-state index in [1.54, 1.807) is 0 Å². The Kier molecular flexibility index (Phi) is 5.63. The van der Waals surface area contributed by atoms with Crippen LogP contribution in [-0.2, 0) is 12.8 Å². The molecule has 0 aliphatic heterocycles. The van der Waals surface area contributed by atoms with Gasteiger partial charge in [0.05, 0.1) is 11.2 Å². The zero-order valence-corrected chi connectivity index (χ0v) is 15.1. The van der Waals surface area contributed by atoms with Gasteiger partial charge in [0, 0.05) is 12.8 Å². The first-order valence-corrected chi connectivity index (χ1v) is 8.41. The molecular weight excluding hydrogens is 296 g/mol. The van der Waals surface area contributed by atoms with E-state index in [-0.39, 0.29) is 0 Å². The van der Waals surface area contributed by atoms with Crippen molar-refractivity contribution >= 4 is 12.2 Å². The molecule has 0 amide bonds. The van der Waals surface area contributed by atoms with Gasteiger partial charge in [-0.3, -0.25) is 0 Å². The van der Waals surface area contributed by atoms with Crippen molar-refractivity contribution in [1.82, 2.24) is 0 Å². The summed E-state index contributed by atoms with van der Waals surface area (Å²) in [7, 11) is 0. The van der Waals surface area contributed by atoms with Gasteiger partial charge in [0.2, 0.25) is 0 Å². The Labute approximate surface area is 145 Å². The van der Waals surface area contributed by atoms with E-state index in [9.17, 15) is 10.2 Å². The van der Waals surface area contributed by atoms with Gasteiger partial charge in [-0.05, 0) is 49.9 Å². The van der Waals surface area contributed by atoms with Crippen LogP contribution in [0.15, 0.2) is 48.5 Å². The minimum Gasteiger partial charge on any atom is -0.390 e. The van der Waals surface area contributed by atoms with Crippen molar-refractivity contribution in [2.75, 3.05) is 0 Å². The van der Waals surface area contributed by atoms with Crippen molar-refractivity contribution in [1.29, 1.82) is 0 Å². The molecule has 2 rings (SSSR count). The zero-order chi connectivity index (χ0) is 17.8. The minimum atomic E-state index is -0.678. The summed E-state index contributed by atoms with van der Waals surface area (Å²) in [6, 6.07) is 16.5. The highest BCUT2D eigenvalue weighted by atomic mass is 16.3. The summed E-state index contributed by atoms with van der Waals surface area (Å²) >= 11 is 0. The lowest BCUT2D eigenvalue weighted by Gasteiger charge is -2.17. The Bertz CT molecular complexity index is 604. The van der Waals surface area contributed by atoms with Gasteiger partial charge in [-0.1, -0.05) is 60.7 Å². The molecule has 0 unspecified atom stereocenters. The molecule has 0 spiro atoms. The molecule has 0 saturated carbocycles. The van der Waals surface area contributed by atoms with Crippen LogP contribution in [0.5, 0.6) is 0 Å². The predicted octanol–water partition coefficient (Wildman–Crippen LogP) is 4.48. The van der Waals surface area contributed by atoms with Crippen LogP contribution in [0.4, 0.5) is 0 Å². The first-order valence-electron chi connectivity index (χ1n) is 8.41. The third-order valence-electron chi connectivity index (χ3n) is 3.70. The Morgan fingerprint density at radius 3 is 1.17 bits per heavy atom. The van der Waals surface area contributed by atoms with E-state index in [1.807, 2.05) is 27.7 Å². The fraction of sp³-hybridized carbons (Fsp3) is 0.364. The van der Waals surface area contributed by atoms with Gasteiger partial charge in [-0.2, -0.15) is 0 Å². The van der Waals surface area contributed by atoms with Crippen LogP contribution in [0, 0.1) is 0 Å². The second-order valence-electron chi connectivity index (χ2n) is 7.79.